The minimum atomic E-state index is -0.372. The highest BCUT2D eigenvalue weighted by Gasteiger charge is 2.36. The molecule has 8 heteroatoms. The van der Waals surface area contributed by atoms with Crippen molar-refractivity contribution >= 4 is 23.4 Å². The summed E-state index contributed by atoms with van der Waals surface area (Å²) in [5.74, 6) is 0.401. The number of nitrogens with zero attached hydrogens (tertiary/aromatic N) is 2. The van der Waals surface area contributed by atoms with Gasteiger partial charge in [0.15, 0.2) is 6.61 Å². The maximum absolute atomic E-state index is 12.1. The minimum Gasteiger partial charge on any atom is -0.482 e. The molecule has 3 N–H and O–H groups in total. The van der Waals surface area contributed by atoms with Crippen molar-refractivity contribution in [1.29, 1.82) is 0 Å². The molecule has 0 saturated carbocycles. The van der Waals surface area contributed by atoms with Crippen molar-refractivity contribution in [3.8, 4) is 5.75 Å². The van der Waals surface area contributed by atoms with Gasteiger partial charge in [0.05, 0.1) is 12.2 Å². The fourth-order valence-electron chi connectivity index (χ4n) is 3.11. The Kier molecular flexibility index (Phi) is 3.35. The maximum atomic E-state index is 12.1. The Labute approximate surface area is 133 Å². The molecular formula is C15H18N4O4. The standard InChI is InChI=1S/C15H18N4O4/c16-9-4-18(5-9)6-11-7-19(15(21)23-11)10-1-2-13-12(3-10)17-14(20)8-22-13/h1-3,9,11H,4-8,16H2,(H,17,20)/t11-/m1/s1. The van der Waals surface area contributed by atoms with Crippen LogP contribution >= 0.6 is 0 Å². The molecule has 3 heterocycles. The van der Waals surface area contributed by atoms with Gasteiger partial charge >= 0.3 is 6.09 Å². The fraction of sp³-hybridized carbons (Fsp3) is 0.467. The molecule has 2 fully saturated rings. The summed E-state index contributed by atoms with van der Waals surface area (Å²) in [7, 11) is 0. The van der Waals surface area contributed by atoms with Crippen molar-refractivity contribution in [3.63, 3.8) is 0 Å². The molecule has 1 aromatic carbocycles. The molecular weight excluding hydrogens is 300 g/mol. The summed E-state index contributed by atoms with van der Waals surface area (Å²) in [5.41, 5.74) is 7.01. The average Bonchev–Trinajstić information content (AvgIpc) is 2.85. The molecule has 1 aromatic rings. The number of carbonyl (C=O) groups excluding carboxylic acids is 2. The molecule has 2 saturated heterocycles. The van der Waals surface area contributed by atoms with Crippen LogP contribution in [0.4, 0.5) is 16.2 Å². The zero-order valence-electron chi connectivity index (χ0n) is 12.5. The van der Waals surface area contributed by atoms with Gasteiger partial charge in [-0.2, -0.15) is 0 Å². The van der Waals surface area contributed by atoms with Crippen LogP contribution in [0, 0.1) is 0 Å². The topological polar surface area (TPSA) is 97.1 Å². The van der Waals surface area contributed by atoms with Crippen molar-refractivity contribution in [2.45, 2.75) is 12.1 Å². The molecule has 3 aliphatic rings. The molecule has 4 rings (SSSR count). The Morgan fingerprint density at radius 2 is 2.09 bits per heavy atom. The number of nitrogens with two attached hydrogens (primary N) is 1. The quantitative estimate of drug-likeness (QED) is 0.813. The van der Waals surface area contributed by atoms with Gasteiger partial charge in [-0.05, 0) is 18.2 Å². The van der Waals surface area contributed by atoms with E-state index in [9.17, 15) is 9.59 Å². The van der Waals surface area contributed by atoms with Crippen LogP contribution in [-0.4, -0.2) is 61.8 Å². The third-order valence-corrected chi connectivity index (χ3v) is 4.23. The van der Waals surface area contributed by atoms with E-state index in [1.54, 1.807) is 23.1 Å². The number of benzene rings is 1. The second-order valence-corrected chi connectivity index (χ2v) is 6.11. The SMILES string of the molecule is NC1CN(C[C@@H]2CN(c3ccc4c(c3)NC(=O)CO4)C(=O)O2)C1. The molecule has 122 valence electrons. The second-order valence-electron chi connectivity index (χ2n) is 6.11. The van der Waals surface area contributed by atoms with Crippen LogP contribution in [0.1, 0.15) is 0 Å². The first-order chi connectivity index (χ1) is 11.1. The molecule has 8 nitrogen and oxygen atoms in total. The predicted molar refractivity (Wildman–Crippen MR) is 82.6 cm³/mol. The lowest BCUT2D eigenvalue weighted by Crippen LogP contribution is -2.57. The van der Waals surface area contributed by atoms with Crippen molar-refractivity contribution < 1.29 is 19.1 Å². The van der Waals surface area contributed by atoms with E-state index in [2.05, 4.69) is 10.2 Å². The van der Waals surface area contributed by atoms with E-state index in [1.165, 1.54) is 0 Å². The molecule has 23 heavy (non-hydrogen) atoms. The third-order valence-electron chi connectivity index (χ3n) is 4.23. The molecule has 0 aromatic heterocycles. The minimum absolute atomic E-state index is 0.0121. The number of fused-ring (bicyclic) bond motifs is 1. The first kappa shape index (κ1) is 14.3. The molecule has 0 spiro atoms. The highest BCUT2D eigenvalue weighted by molar-refractivity contribution is 5.97. The van der Waals surface area contributed by atoms with Crippen molar-refractivity contribution in [2.75, 3.05) is 43.0 Å². The number of cyclic esters (lactones) is 1. The Bertz CT molecular complexity index is 659. The lowest BCUT2D eigenvalue weighted by Gasteiger charge is -2.37. The molecule has 2 amide bonds. The van der Waals surface area contributed by atoms with E-state index in [0.717, 1.165) is 13.1 Å². The normalized spacial score (nSPS) is 24.6. The predicted octanol–water partition coefficient (Wildman–Crippen LogP) is -0.0144. The molecule has 3 aliphatic heterocycles. The van der Waals surface area contributed by atoms with Gasteiger partial charge in [0, 0.05) is 31.4 Å². The zero-order valence-corrected chi connectivity index (χ0v) is 12.5. The van der Waals surface area contributed by atoms with Gasteiger partial charge in [0.1, 0.15) is 11.9 Å². The summed E-state index contributed by atoms with van der Waals surface area (Å²) >= 11 is 0. The van der Waals surface area contributed by atoms with Gasteiger partial charge in [-0.25, -0.2) is 4.79 Å². The number of anilines is 2. The lowest BCUT2D eigenvalue weighted by atomic mass is 10.1. The molecule has 0 unspecified atom stereocenters. The van der Waals surface area contributed by atoms with Crippen LogP contribution < -0.4 is 20.7 Å². The van der Waals surface area contributed by atoms with E-state index in [0.29, 0.717) is 30.2 Å². The van der Waals surface area contributed by atoms with E-state index in [-0.39, 0.29) is 30.8 Å². The summed E-state index contributed by atoms with van der Waals surface area (Å²) in [6, 6.07) is 5.50. The van der Waals surface area contributed by atoms with Crippen LogP contribution in [0.25, 0.3) is 0 Å². The van der Waals surface area contributed by atoms with E-state index in [1.807, 2.05) is 0 Å². The Morgan fingerprint density at radius 1 is 1.26 bits per heavy atom. The van der Waals surface area contributed by atoms with E-state index in [4.69, 9.17) is 15.2 Å². The second kappa shape index (κ2) is 5.39. The van der Waals surface area contributed by atoms with Crippen LogP contribution in [0.2, 0.25) is 0 Å². The number of likely N-dealkylation sites (tertiary alicyclic amines) is 1. The third kappa shape index (κ3) is 2.71. The Morgan fingerprint density at radius 3 is 2.87 bits per heavy atom. The molecule has 0 bridgehead atoms. The van der Waals surface area contributed by atoms with Crippen molar-refractivity contribution in [2.24, 2.45) is 5.73 Å². The number of carbonyl (C=O) groups is 2. The van der Waals surface area contributed by atoms with Crippen molar-refractivity contribution in [1.82, 2.24) is 4.90 Å². The summed E-state index contributed by atoms with van der Waals surface area (Å²) in [6.45, 7) is 2.88. The summed E-state index contributed by atoms with van der Waals surface area (Å²) in [4.78, 5) is 27.3. The van der Waals surface area contributed by atoms with Gasteiger partial charge in [-0.15, -0.1) is 0 Å². The van der Waals surface area contributed by atoms with Crippen LogP contribution in [0.5, 0.6) is 5.75 Å². The maximum Gasteiger partial charge on any atom is 0.414 e. The smallest absolute Gasteiger partial charge is 0.414 e. The molecule has 0 radical (unpaired) electrons. The number of nitrogens with one attached hydrogen (secondary N) is 1. The summed E-state index contributed by atoms with van der Waals surface area (Å²) in [5, 5.41) is 2.74. The Balaban J connectivity index is 1.46. The van der Waals surface area contributed by atoms with Gasteiger partial charge in [-0.1, -0.05) is 0 Å². The highest BCUT2D eigenvalue weighted by atomic mass is 16.6. The monoisotopic (exact) mass is 318 g/mol. The molecule has 0 aliphatic carbocycles. The van der Waals surface area contributed by atoms with Gasteiger partial charge in [0.25, 0.3) is 5.91 Å². The summed E-state index contributed by atoms with van der Waals surface area (Å²) < 4.78 is 10.7. The van der Waals surface area contributed by atoms with Crippen LogP contribution in [0.3, 0.4) is 0 Å². The number of hydrogen-bond donors (Lipinski definition) is 2. The highest BCUT2D eigenvalue weighted by Crippen LogP contribution is 2.33. The zero-order chi connectivity index (χ0) is 16.0. The van der Waals surface area contributed by atoms with Gasteiger partial charge < -0.3 is 20.5 Å². The van der Waals surface area contributed by atoms with Crippen LogP contribution in [-0.2, 0) is 9.53 Å². The molecule has 1 atom stereocenters. The van der Waals surface area contributed by atoms with Crippen molar-refractivity contribution in [3.05, 3.63) is 18.2 Å². The lowest BCUT2D eigenvalue weighted by molar-refractivity contribution is -0.118. The number of ether oxygens (including phenoxy) is 2. The average molecular weight is 318 g/mol. The van der Waals surface area contributed by atoms with Gasteiger partial charge in [0.2, 0.25) is 0 Å². The number of amides is 2. The largest absolute Gasteiger partial charge is 0.482 e. The Hall–Kier alpha value is -2.32. The van der Waals surface area contributed by atoms with E-state index < -0.39 is 0 Å². The number of hydrogen-bond acceptors (Lipinski definition) is 6. The van der Waals surface area contributed by atoms with Gasteiger partial charge in [-0.3, -0.25) is 14.6 Å². The fourth-order valence-corrected chi connectivity index (χ4v) is 3.11. The van der Waals surface area contributed by atoms with E-state index >= 15 is 0 Å². The first-order valence-electron chi connectivity index (χ1n) is 7.61. The summed E-state index contributed by atoms with van der Waals surface area (Å²) in [6.07, 6.45) is -0.542. The van der Waals surface area contributed by atoms with Crippen LogP contribution in [0.15, 0.2) is 18.2 Å². The first-order valence-corrected chi connectivity index (χ1v) is 7.61. The number of rotatable bonds is 3.